The van der Waals surface area contributed by atoms with Crippen LogP contribution in [0, 0.1) is 0 Å². The zero-order valence-corrected chi connectivity index (χ0v) is 13.8. The first kappa shape index (κ1) is 17.0. The minimum absolute atomic E-state index is 0.0949. The summed E-state index contributed by atoms with van der Waals surface area (Å²) >= 11 is 0. The number of nitrogens with two attached hydrogens (primary N) is 1. The van der Waals surface area contributed by atoms with Crippen LogP contribution in [-0.2, 0) is 0 Å². The van der Waals surface area contributed by atoms with Gasteiger partial charge in [0, 0.05) is 29.4 Å². The predicted molar refractivity (Wildman–Crippen MR) is 95.9 cm³/mol. The average Bonchev–Trinajstić information content (AvgIpc) is 3.45. The van der Waals surface area contributed by atoms with Crippen molar-refractivity contribution in [3.05, 3.63) is 59.7 Å². The van der Waals surface area contributed by atoms with E-state index in [4.69, 9.17) is 10.5 Å². The molecular formula is C19H21N3O3. The lowest BCUT2D eigenvalue weighted by Crippen LogP contribution is -2.25. The van der Waals surface area contributed by atoms with Crippen LogP contribution in [0.25, 0.3) is 0 Å². The lowest BCUT2D eigenvalue weighted by molar-refractivity contribution is 0.0949. The molecule has 1 aliphatic carbocycles. The number of rotatable bonds is 7. The van der Waals surface area contributed by atoms with E-state index in [2.05, 4.69) is 10.6 Å². The van der Waals surface area contributed by atoms with Crippen LogP contribution in [0.1, 0.15) is 33.6 Å². The predicted octanol–water partition coefficient (Wildman–Crippen LogP) is 2.17. The van der Waals surface area contributed by atoms with Crippen molar-refractivity contribution in [2.45, 2.75) is 18.9 Å². The number of nitrogens with one attached hydrogen (secondary N) is 2. The van der Waals surface area contributed by atoms with Crippen LogP contribution in [0.2, 0.25) is 0 Å². The molecule has 130 valence electrons. The van der Waals surface area contributed by atoms with Crippen molar-refractivity contribution < 1.29 is 14.3 Å². The molecule has 2 aromatic rings. The molecule has 0 atom stereocenters. The van der Waals surface area contributed by atoms with Crippen LogP contribution < -0.4 is 21.1 Å². The molecule has 0 bridgehead atoms. The third kappa shape index (κ3) is 4.81. The highest BCUT2D eigenvalue weighted by Crippen LogP contribution is 2.20. The summed E-state index contributed by atoms with van der Waals surface area (Å²) in [4.78, 5) is 24.2. The molecule has 1 fully saturated rings. The maximum Gasteiger partial charge on any atom is 0.255 e. The van der Waals surface area contributed by atoms with Crippen LogP contribution in [0.4, 0.5) is 5.69 Å². The number of carbonyl (C=O) groups excluding carboxylic acids is 2. The first-order valence-corrected chi connectivity index (χ1v) is 8.31. The smallest absolute Gasteiger partial charge is 0.255 e. The average molecular weight is 339 g/mol. The maximum atomic E-state index is 12.3. The van der Waals surface area contributed by atoms with E-state index in [0.29, 0.717) is 41.8 Å². The maximum absolute atomic E-state index is 12.3. The Labute approximate surface area is 146 Å². The van der Waals surface area contributed by atoms with Gasteiger partial charge in [0.25, 0.3) is 11.8 Å². The van der Waals surface area contributed by atoms with Crippen LogP contribution in [0.3, 0.4) is 0 Å². The first-order valence-electron chi connectivity index (χ1n) is 8.31. The van der Waals surface area contributed by atoms with Crippen LogP contribution in [0.15, 0.2) is 48.5 Å². The van der Waals surface area contributed by atoms with Gasteiger partial charge in [-0.2, -0.15) is 0 Å². The number of hydrogen-bond donors (Lipinski definition) is 3. The van der Waals surface area contributed by atoms with E-state index in [9.17, 15) is 9.59 Å². The van der Waals surface area contributed by atoms with Crippen LogP contribution in [0.5, 0.6) is 5.75 Å². The van der Waals surface area contributed by atoms with Crippen molar-refractivity contribution in [3.63, 3.8) is 0 Å². The fourth-order valence-corrected chi connectivity index (χ4v) is 2.28. The monoisotopic (exact) mass is 339 g/mol. The zero-order chi connectivity index (χ0) is 17.6. The van der Waals surface area contributed by atoms with Gasteiger partial charge in [-0.3, -0.25) is 9.59 Å². The third-order valence-electron chi connectivity index (χ3n) is 3.82. The minimum Gasteiger partial charge on any atom is -0.492 e. The van der Waals surface area contributed by atoms with Gasteiger partial charge in [-0.25, -0.2) is 0 Å². The number of hydrogen-bond acceptors (Lipinski definition) is 4. The van der Waals surface area contributed by atoms with Crippen molar-refractivity contribution in [1.29, 1.82) is 0 Å². The number of amides is 2. The lowest BCUT2D eigenvalue weighted by atomic mass is 10.1. The topological polar surface area (TPSA) is 93.4 Å². The van der Waals surface area contributed by atoms with Gasteiger partial charge in [0.2, 0.25) is 0 Å². The summed E-state index contributed by atoms with van der Waals surface area (Å²) in [5.74, 6) is 0.377. The Morgan fingerprint density at radius 1 is 0.960 bits per heavy atom. The molecule has 0 heterocycles. The van der Waals surface area contributed by atoms with Gasteiger partial charge in [-0.15, -0.1) is 0 Å². The highest BCUT2D eigenvalue weighted by Gasteiger charge is 2.23. The first-order chi connectivity index (χ1) is 12.2. The van der Waals surface area contributed by atoms with Gasteiger partial charge < -0.3 is 21.1 Å². The fraction of sp³-hybridized carbons (Fsp3) is 0.263. The number of anilines is 1. The van der Waals surface area contributed by atoms with Gasteiger partial charge in [0.1, 0.15) is 12.4 Å². The van der Waals surface area contributed by atoms with Gasteiger partial charge in [-0.1, -0.05) is 0 Å². The molecule has 0 radical (unpaired) electrons. The molecule has 0 saturated heterocycles. The summed E-state index contributed by atoms with van der Waals surface area (Å²) in [5, 5.41) is 5.73. The molecule has 0 aliphatic heterocycles. The summed E-state index contributed by atoms with van der Waals surface area (Å²) in [5.41, 5.74) is 7.10. The van der Waals surface area contributed by atoms with Gasteiger partial charge in [-0.05, 0) is 61.4 Å². The molecule has 0 aromatic heterocycles. The Morgan fingerprint density at radius 3 is 2.12 bits per heavy atom. The minimum atomic E-state index is -0.232. The molecule has 2 amide bonds. The standard InChI is InChI=1S/C19H21N3O3/c20-11-12-25-17-9-7-16(8-10-17)22-19(24)14-3-1-13(2-4-14)18(23)21-15-5-6-15/h1-4,7-10,15H,5-6,11-12,20H2,(H,21,23)(H,22,24). The summed E-state index contributed by atoms with van der Waals surface area (Å²) in [6.07, 6.45) is 2.09. The summed E-state index contributed by atoms with van der Waals surface area (Å²) < 4.78 is 5.39. The molecule has 2 aromatic carbocycles. The zero-order valence-electron chi connectivity index (χ0n) is 13.8. The van der Waals surface area contributed by atoms with E-state index < -0.39 is 0 Å². The summed E-state index contributed by atoms with van der Waals surface area (Å²) in [7, 11) is 0. The molecule has 6 nitrogen and oxygen atoms in total. The molecule has 0 spiro atoms. The van der Waals surface area contributed by atoms with Crippen LogP contribution in [-0.4, -0.2) is 31.0 Å². The molecule has 1 saturated carbocycles. The van der Waals surface area contributed by atoms with Crippen molar-refractivity contribution in [2.75, 3.05) is 18.5 Å². The second kappa shape index (κ2) is 7.81. The van der Waals surface area contributed by atoms with Gasteiger partial charge in [0.15, 0.2) is 0 Å². The van der Waals surface area contributed by atoms with Gasteiger partial charge >= 0.3 is 0 Å². The van der Waals surface area contributed by atoms with E-state index in [-0.39, 0.29) is 11.8 Å². The highest BCUT2D eigenvalue weighted by molar-refractivity contribution is 6.05. The largest absolute Gasteiger partial charge is 0.492 e. The Hall–Kier alpha value is -2.86. The molecule has 3 rings (SSSR count). The molecule has 25 heavy (non-hydrogen) atoms. The third-order valence-corrected chi connectivity index (χ3v) is 3.82. The molecular weight excluding hydrogens is 318 g/mol. The highest BCUT2D eigenvalue weighted by atomic mass is 16.5. The lowest BCUT2D eigenvalue weighted by Gasteiger charge is -2.08. The molecule has 6 heteroatoms. The Bertz CT molecular complexity index is 738. The molecule has 4 N–H and O–H groups in total. The van der Waals surface area contributed by atoms with Crippen LogP contribution >= 0.6 is 0 Å². The Balaban J connectivity index is 1.57. The van der Waals surface area contributed by atoms with E-state index >= 15 is 0 Å². The van der Waals surface area contributed by atoms with E-state index in [0.717, 1.165) is 12.8 Å². The second-order valence-corrected chi connectivity index (χ2v) is 5.94. The second-order valence-electron chi connectivity index (χ2n) is 5.94. The van der Waals surface area contributed by atoms with Crippen molar-refractivity contribution in [2.24, 2.45) is 5.73 Å². The number of benzene rings is 2. The van der Waals surface area contributed by atoms with Crippen molar-refractivity contribution in [1.82, 2.24) is 5.32 Å². The van der Waals surface area contributed by atoms with Crippen molar-refractivity contribution >= 4 is 17.5 Å². The van der Waals surface area contributed by atoms with E-state index in [1.165, 1.54) is 0 Å². The normalized spacial score (nSPS) is 13.2. The molecule has 1 aliphatic rings. The quantitative estimate of drug-likeness (QED) is 0.721. The number of ether oxygens (including phenoxy) is 1. The fourth-order valence-electron chi connectivity index (χ4n) is 2.28. The Morgan fingerprint density at radius 2 is 1.56 bits per heavy atom. The Kier molecular flexibility index (Phi) is 5.30. The van der Waals surface area contributed by atoms with Crippen molar-refractivity contribution in [3.8, 4) is 5.75 Å². The van der Waals surface area contributed by atoms with Gasteiger partial charge in [0.05, 0.1) is 0 Å². The molecule has 0 unspecified atom stereocenters. The van der Waals surface area contributed by atoms with E-state index in [1.807, 2.05) is 0 Å². The van der Waals surface area contributed by atoms with E-state index in [1.54, 1.807) is 48.5 Å². The SMILES string of the molecule is NCCOc1ccc(NC(=O)c2ccc(C(=O)NC3CC3)cc2)cc1. The number of carbonyl (C=O) groups is 2. The summed E-state index contributed by atoms with van der Waals surface area (Å²) in [6, 6.07) is 14.0. The summed E-state index contributed by atoms with van der Waals surface area (Å²) in [6.45, 7) is 0.902.